The van der Waals surface area contributed by atoms with E-state index in [4.69, 9.17) is 29.2 Å². The van der Waals surface area contributed by atoms with Gasteiger partial charge in [0.2, 0.25) is 17.8 Å². The lowest BCUT2D eigenvalue weighted by atomic mass is 9.71. The van der Waals surface area contributed by atoms with Gasteiger partial charge in [0, 0.05) is 181 Å². The number of nitrogens with zero attached hydrogens (tertiary/aromatic N) is 15. The zero-order valence-corrected chi connectivity index (χ0v) is 86.0. The molecule has 4 aromatic heterocycles. The molecule has 132 heavy (non-hydrogen) atoms. The van der Waals surface area contributed by atoms with Gasteiger partial charge < -0.3 is 84.3 Å². The number of piperazine rings is 1. The molecular formula is C99H123Br3N21O6P3. The van der Waals surface area contributed by atoms with Gasteiger partial charge in [-0.1, -0.05) is 67.6 Å². The van der Waals surface area contributed by atoms with Crippen molar-refractivity contribution in [3.8, 4) is 17.2 Å². The number of likely N-dealkylation sites (N-methyl/N-ethyl adjacent to an activating group) is 1. The van der Waals surface area contributed by atoms with Gasteiger partial charge in [-0.3, -0.25) is 19.8 Å². The molecule has 8 aromatic carbocycles. The lowest BCUT2D eigenvalue weighted by Crippen LogP contribution is -2.62. The second-order valence-electron chi connectivity index (χ2n) is 37.6. The Morgan fingerprint density at radius 2 is 0.833 bits per heavy atom. The van der Waals surface area contributed by atoms with Crippen molar-refractivity contribution in [2.75, 3.05) is 214 Å². The van der Waals surface area contributed by atoms with E-state index in [1.165, 1.54) is 106 Å². The van der Waals surface area contributed by atoms with Gasteiger partial charge in [-0.2, -0.15) is 15.0 Å². The fourth-order valence-electron chi connectivity index (χ4n) is 19.9. The Bertz CT molecular complexity index is 6390. The Labute approximate surface area is 801 Å². The number of anilines is 15. The Morgan fingerprint density at radius 3 is 1.26 bits per heavy atom. The molecule has 10 heterocycles. The minimum absolute atomic E-state index is 0.400. The van der Waals surface area contributed by atoms with Gasteiger partial charge in [0.15, 0.2) is 0 Å². The van der Waals surface area contributed by atoms with Crippen LogP contribution in [0.25, 0.3) is 32.6 Å². The maximum Gasteiger partial charge on any atom is 0.229 e. The molecule has 0 bridgehead atoms. The molecule has 0 radical (unpaired) electrons. The molecule has 6 aliphatic heterocycles. The first-order chi connectivity index (χ1) is 63.1. The lowest BCUT2D eigenvalue weighted by molar-refractivity contribution is -0.0380. The van der Waals surface area contributed by atoms with Crippen LogP contribution in [0.15, 0.2) is 166 Å². The van der Waals surface area contributed by atoms with E-state index < -0.39 is 21.4 Å². The summed E-state index contributed by atoms with van der Waals surface area (Å²) in [7, 11) is 1.54. The standard InChI is InChI=1S/C34H42BrN6O2P.C33H40BrN6O2P.C32H41BrN9O2P/c1-22(2)41-20-34(21-41)13-15-40(16-14-34)29-18-30(43-4)28(17-23(29)3)38-33-36-19-26(35)32(39-33)37-27-12-11-24-9-7-8-10-25(24)31(27)44(5,6)42;1-6-22-17-27(29(42-3)18-28(22)40-15-13-33(14-16-40)20-39(2)21-33)37-32-35-19-25(34)31(38-32)36-26-12-11-23-9-7-8-10-24(23)30(26)43(4,5)41;1-21-18-26(28(44-3)19-27(21)42-12-8-22(9-13-42)41-16-14-40(2)15-17-41)38-32-36-20-23(33)31(39-32)37-25-7-6-24-29(35-11-10-34-24)30(25)45(4,5)43/h7-12,17-19,22H,13-16,20-21H2,1-6H3,(H2,36,37,38,39);7-12,17-19H,6,13-16,20-21H2,1-5H3,(H2,35,36,37,38);6-7,10-11,18-20,22H,8-9,12-17H2,1-5H3,(H2,36,37,38,39). The molecule has 6 N–H and O–H groups in total. The summed E-state index contributed by atoms with van der Waals surface area (Å²) in [5.74, 6) is 5.18. The van der Waals surface area contributed by atoms with Crippen LogP contribution in [0.2, 0.25) is 0 Å². The number of nitrogens with one attached hydrogen (secondary N) is 6. The third kappa shape index (κ3) is 21.4. The van der Waals surface area contributed by atoms with Crippen LogP contribution < -0.4 is 76.7 Å². The van der Waals surface area contributed by atoms with Crippen LogP contribution in [0.1, 0.15) is 76.0 Å². The van der Waals surface area contributed by atoms with E-state index >= 15 is 0 Å². The second-order valence-corrected chi connectivity index (χ2v) is 49.6. The predicted molar refractivity (Wildman–Crippen MR) is 558 cm³/mol. The number of likely N-dealkylation sites (tertiary alicyclic amines) is 2. The quantitative estimate of drug-likeness (QED) is 0.0307. The van der Waals surface area contributed by atoms with E-state index in [0.29, 0.717) is 93.7 Å². The van der Waals surface area contributed by atoms with Gasteiger partial charge in [-0.15, -0.1) is 0 Å². The van der Waals surface area contributed by atoms with E-state index in [1.807, 2.05) is 84.9 Å². The van der Waals surface area contributed by atoms with Crippen LogP contribution in [-0.2, 0) is 20.1 Å². The summed E-state index contributed by atoms with van der Waals surface area (Å²) in [5.41, 5.74) is 14.2. The normalized spacial score (nSPS) is 16.9. The van der Waals surface area contributed by atoms with Crippen molar-refractivity contribution in [1.82, 2.24) is 59.5 Å². The number of benzene rings is 8. The fourth-order valence-corrected chi connectivity index (χ4v) is 25.1. The largest absolute Gasteiger partial charge is 0.494 e. The van der Waals surface area contributed by atoms with Crippen LogP contribution >= 0.6 is 69.2 Å². The molecular weight excluding hydrogens is 1910 g/mol. The van der Waals surface area contributed by atoms with Crippen LogP contribution in [0.5, 0.6) is 17.2 Å². The second kappa shape index (κ2) is 40.2. The Balaban J connectivity index is 0.000000144. The van der Waals surface area contributed by atoms with E-state index in [2.05, 4.69) is 224 Å². The Morgan fingerprint density at radius 1 is 0.439 bits per heavy atom. The molecule has 2 spiro atoms. The molecule has 0 aliphatic carbocycles. The van der Waals surface area contributed by atoms with Crippen LogP contribution in [-0.4, -0.2) is 239 Å². The molecule has 27 nitrogen and oxygen atoms in total. The van der Waals surface area contributed by atoms with Crippen molar-refractivity contribution in [2.24, 2.45) is 10.8 Å². The monoisotopic (exact) mass is 2030 g/mol. The summed E-state index contributed by atoms with van der Waals surface area (Å²) in [6.45, 7) is 37.6. The Hall–Kier alpha value is -9.57. The molecule has 696 valence electrons. The van der Waals surface area contributed by atoms with Gasteiger partial charge in [0.1, 0.15) is 61.6 Å². The number of aryl methyl sites for hydroxylation is 3. The number of hydrogen-bond acceptors (Lipinski definition) is 27. The molecule has 6 saturated heterocycles. The van der Waals surface area contributed by atoms with E-state index in [0.717, 1.165) is 142 Å². The van der Waals surface area contributed by atoms with Crippen molar-refractivity contribution in [3.63, 3.8) is 0 Å². The van der Waals surface area contributed by atoms with Crippen molar-refractivity contribution in [3.05, 3.63) is 182 Å². The average molecular weight is 2040 g/mol. The molecule has 0 atom stereocenters. The topological polar surface area (TPSA) is 277 Å². The molecule has 33 heteroatoms. The first kappa shape index (κ1) is 95.6. The molecule has 18 rings (SSSR count). The average Bonchev–Trinajstić information content (AvgIpc) is 0.776. The van der Waals surface area contributed by atoms with Crippen molar-refractivity contribution in [1.29, 1.82) is 0 Å². The Kier molecular flexibility index (Phi) is 29.1. The highest BCUT2D eigenvalue weighted by Crippen LogP contribution is 2.50. The minimum atomic E-state index is -2.73. The highest BCUT2D eigenvalue weighted by Gasteiger charge is 2.47. The lowest BCUT2D eigenvalue weighted by Gasteiger charge is -2.56. The van der Waals surface area contributed by atoms with Gasteiger partial charge in [0.05, 0.1) is 79.7 Å². The van der Waals surface area contributed by atoms with Crippen molar-refractivity contribution < 1.29 is 27.9 Å². The van der Waals surface area contributed by atoms with Crippen LogP contribution in [0.4, 0.5) is 86.5 Å². The molecule has 12 aromatic rings. The molecule has 6 fully saturated rings. The van der Waals surface area contributed by atoms with E-state index in [9.17, 15) is 13.7 Å². The fraction of sp³-hybridized carbons (Fsp3) is 0.414. The molecule has 0 saturated carbocycles. The third-order valence-corrected chi connectivity index (χ3v) is 33.2. The number of rotatable bonds is 24. The summed E-state index contributed by atoms with van der Waals surface area (Å²) in [4.78, 5) is 54.4. The number of ether oxygens (including phenoxy) is 3. The summed E-state index contributed by atoms with van der Waals surface area (Å²) in [6.07, 6.45) is 16.5. The molecule has 0 unspecified atom stereocenters. The summed E-state index contributed by atoms with van der Waals surface area (Å²) >= 11 is 10.8. The highest BCUT2D eigenvalue weighted by molar-refractivity contribution is 9.11. The number of halogens is 3. The van der Waals surface area contributed by atoms with Crippen LogP contribution in [0, 0.1) is 24.7 Å². The van der Waals surface area contributed by atoms with Gasteiger partial charge >= 0.3 is 0 Å². The SMILES string of the molecule is CCc1cc(Nc2ncc(Br)c(Nc3ccc4ccccc4c3P(C)(C)=O)n2)c(OC)cc1N1CCC2(CC1)CN(C)C2.COc1cc(N2CCC(N3CCN(C)CC3)CC2)c(C)cc1Nc1ncc(Br)c(Nc2ccc3nccnc3c2P(C)(C)=O)n1.COc1cc(N2CCC3(CC2)CN(C(C)C)C3)c(C)cc1Nc1ncc(Br)c(Nc2ccc3ccccc3c2P(C)(C)=O)n1. The maximum atomic E-state index is 13.5. The van der Waals surface area contributed by atoms with Crippen molar-refractivity contribution >= 4 is 204 Å². The number of fused-ring (bicyclic) bond motifs is 3. The first-order valence-electron chi connectivity index (χ1n) is 45.5. The summed E-state index contributed by atoms with van der Waals surface area (Å²) < 4.78 is 59.9. The number of hydrogen-bond donors (Lipinski definition) is 6. The number of methoxy groups -OCH3 is 3. The maximum absolute atomic E-state index is 13.5. The third-order valence-electron chi connectivity index (χ3n) is 26.8. The zero-order chi connectivity index (χ0) is 93.3. The smallest absolute Gasteiger partial charge is 0.229 e. The number of aromatic nitrogens is 8. The van der Waals surface area contributed by atoms with Gasteiger partial charge in [-0.25, -0.2) is 15.0 Å². The zero-order valence-electron chi connectivity index (χ0n) is 78.6. The van der Waals surface area contributed by atoms with Crippen molar-refractivity contribution in [2.45, 2.75) is 91.6 Å². The van der Waals surface area contributed by atoms with E-state index in [-0.39, 0.29) is 0 Å². The van der Waals surface area contributed by atoms with Gasteiger partial charge in [0.25, 0.3) is 0 Å². The minimum Gasteiger partial charge on any atom is -0.494 e. The summed E-state index contributed by atoms with van der Waals surface area (Å²) in [5, 5.41) is 26.7. The predicted octanol–water partition coefficient (Wildman–Crippen LogP) is 20.4. The number of piperidine rings is 3. The molecule has 0 amide bonds. The van der Waals surface area contributed by atoms with Gasteiger partial charge in [-0.05, 0) is 266 Å². The molecule has 6 aliphatic rings. The van der Waals surface area contributed by atoms with Crippen LogP contribution in [0.3, 0.4) is 0 Å². The summed E-state index contributed by atoms with van der Waals surface area (Å²) in [6, 6.07) is 41.9. The first-order valence-corrected chi connectivity index (χ1v) is 55.7. The highest BCUT2D eigenvalue weighted by atomic mass is 79.9. The van der Waals surface area contributed by atoms with E-state index in [1.54, 1.807) is 92.3 Å².